The molecule has 1 amide bonds. The van der Waals surface area contributed by atoms with Crippen molar-refractivity contribution in [1.82, 2.24) is 10.3 Å². The second kappa shape index (κ2) is 6.47. The van der Waals surface area contributed by atoms with Crippen molar-refractivity contribution in [3.8, 4) is 0 Å². The van der Waals surface area contributed by atoms with Crippen LogP contribution in [0.5, 0.6) is 0 Å². The van der Waals surface area contributed by atoms with Gasteiger partial charge in [0.15, 0.2) is 6.04 Å². The number of pyridine rings is 1. The zero-order valence-corrected chi connectivity index (χ0v) is 9.67. The number of carbonyl (C=O) groups is 2. The number of hydrogen-bond acceptors (Lipinski definition) is 5. The fourth-order valence-electron chi connectivity index (χ4n) is 1.20. The number of rotatable bonds is 4. The Balaban J connectivity index is 2.86. The molecule has 0 aliphatic heterocycles. The summed E-state index contributed by atoms with van der Waals surface area (Å²) >= 11 is 0. The molecular weight excluding hydrogens is 224 g/mol. The summed E-state index contributed by atoms with van der Waals surface area (Å²) in [4.78, 5) is 26.8. The molecule has 92 valence electrons. The first kappa shape index (κ1) is 13.0. The van der Waals surface area contributed by atoms with E-state index in [-0.39, 0.29) is 6.61 Å². The maximum absolute atomic E-state index is 11.7. The minimum Gasteiger partial charge on any atom is -0.464 e. The minimum atomic E-state index is -0.955. The van der Waals surface area contributed by atoms with Crippen LogP contribution >= 0.6 is 0 Å². The van der Waals surface area contributed by atoms with Crippen molar-refractivity contribution in [3.05, 3.63) is 30.1 Å². The number of ether oxygens (including phenoxy) is 2. The lowest BCUT2D eigenvalue weighted by Crippen LogP contribution is -2.35. The van der Waals surface area contributed by atoms with E-state index in [2.05, 4.69) is 15.0 Å². The molecule has 1 unspecified atom stereocenters. The Labute approximate surface area is 98.9 Å². The molecular formula is C11H14N2O4. The molecule has 1 aromatic rings. The molecule has 17 heavy (non-hydrogen) atoms. The molecule has 0 aliphatic carbocycles. The fourth-order valence-corrected chi connectivity index (χ4v) is 1.20. The van der Waals surface area contributed by atoms with Crippen LogP contribution in [0.2, 0.25) is 0 Å². The first-order valence-electron chi connectivity index (χ1n) is 5.11. The maximum atomic E-state index is 11.7. The number of nitrogens with one attached hydrogen (secondary N) is 1. The Bertz CT molecular complexity index is 380. The summed E-state index contributed by atoms with van der Waals surface area (Å²) < 4.78 is 9.30. The van der Waals surface area contributed by atoms with Gasteiger partial charge in [0.2, 0.25) is 0 Å². The van der Waals surface area contributed by atoms with Gasteiger partial charge in [-0.05, 0) is 19.1 Å². The van der Waals surface area contributed by atoms with Gasteiger partial charge in [-0.15, -0.1) is 0 Å². The number of esters is 1. The Hall–Kier alpha value is -2.11. The Morgan fingerprint density at radius 2 is 2.24 bits per heavy atom. The van der Waals surface area contributed by atoms with Gasteiger partial charge in [-0.2, -0.15) is 0 Å². The third-order valence-electron chi connectivity index (χ3n) is 1.95. The molecule has 0 radical (unpaired) electrons. The Morgan fingerprint density at radius 1 is 1.47 bits per heavy atom. The van der Waals surface area contributed by atoms with Crippen molar-refractivity contribution in [2.75, 3.05) is 13.7 Å². The molecule has 6 nitrogen and oxygen atoms in total. The molecule has 0 saturated carbocycles. The Kier molecular flexibility index (Phi) is 4.93. The van der Waals surface area contributed by atoms with Gasteiger partial charge >= 0.3 is 12.1 Å². The summed E-state index contributed by atoms with van der Waals surface area (Å²) in [6, 6.07) is 4.10. The number of amides is 1. The monoisotopic (exact) mass is 238 g/mol. The first-order valence-corrected chi connectivity index (χ1v) is 5.11. The molecule has 1 rings (SSSR count). The number of hydrogen-bond donors (Lipinski definition) is 1. The van der Waals surface area contributed by atoms with Gasteiger partial charge in [-0.25, -0.2) is 9.59 Å². The topological polar surface area (TPSA) is 77.5 Å². The number of aromatic nitrogens is 1. The highest BCUT2D eigenvalue weighted by Gasteiger charge is 2.25. The van der Waals surface area contributed by atoms with Crippen LogP contribution in [0.3, 0.4) is 0 Å². The molecule has 1 heterocycles. The molecule has 0 spiro atoms. The highest BCUT2D eigenvalue weighted by atomic mass is 16.5. The summed E-state index contributed by atoms with van der Waals surface area (Å²) in [5.41, 5.74) is 0.399. The summed E-state index contributed by atoms with van der Waals surface area (Å²) in [5, 5.41) is 2.37. The van der Waals surface area contributed by atoms with Crippen molar-refractivity contribution < 1.29 is 19.1 Å². The van der Waals surface area contributed by atoms with Gasteiger partial charge in [-0.1, -0.05) is 6.07 Å². The van der Waals surface area contributed by atoms with Crippen LogP contribution in [-0.2, 0) is 14.3 Å². The summed E-state index contributed by atoms with van der Waals surface area (Å²) in [6.45, 7) is 1.91. The van der Waals surface area contributed by atoms with Crippen LogP contribution in [0.15, 0.2) is 24.4 Å². The SMILES string of the molecule is CCOC(=O)C(NC(=O)OC)c1ccccn1. The zero-order valence-electron chi connectivity index (χ0n) is 9.67. The predicted molar refractivity (Wildman–Crippen MR) is 59.2 cm³/mol. The second-order valence-electron chi connectivity index (χ2n) is 3.08. The van der Waals surface area contributed by atoms with Gasteiger partial charge < -0.3 is 14.8 Å². The summed E-state index contributed by atoms with van der Waals surface area (Å²) in [7, 11) is 1.22. The average Bonchev–Trinajstić information content (AvgIpc) is 2.36. The summed E-state index contributed by atoms with van der Waals surface area (Å²) in [5.74, 6) is -0.573. The average molecular weight is 238 g/mol. The third kappa shape index (κ3) is 3.75. The van der Waals surface area contributed by atoms with E-state index in [0.29, 0.717) is 5.69 Å². The van der Waals surface area contributed by atoms with E-state index in [4.69, 9.17) is 4.74 Å². The van der Waals surface area contributed by atoms with Crippen molar-refractivity contribution in [1.29, 1.82) is 0 Å². The standard InChI is InChI=1S/C11H14N2O4/c1-3-17-10(14)9(13-11(15)16-2)8-6-4-5-7-12-8/h4-7,9H,3H2,1-2H3,(H,13,15). The molecule has 0 bridgehead atoms. The van der Waals surface area contributed by atoms with E-state index < -0.39 is 18.1 Å². The molecule has 0 saturated heterocycles. The predicted octanol–water partition coefficient (Wildman–Crippen LogP) is 1.04. The van der Waals surface area contributed by atoms with Crippen LogP contribution in [0.1, 0.15) is 18.7 Å². The minimum absolute atomic E-state index is 0.227. The van der Waals surface area contributed by atoms with E-state index >= 15 is 0 Å². The molecule has 0 fully saturated rings. The number of alkyl carbamates (subject to hydrolysis) is 1. The number of nitrogens with zero attached hydrogens (tertiary/aromatic N) is 1. The van der Waals surface area contributed by atoms with Gasteiger partial charge in [0.05, 0.1) is 19.4 Å². The van der Waals surface area contributed by atoms with Crippen LogP contribution in [0.4, 0.5) is 4.79 Å². The molecule has 6 heteroatoms. The number of carbonyl (C=O) groups excluding carboxylic acids is 2. The quantitative estimate of drug-likeness (QED) is 0.793. The van der Waals surface area contributed by atoms with Crippen molar-refractivity contribution in [3.63, 3.8) is 0 Å². The summed E-state index contributed by atoms with van der Waals surface area (Å²) in [6.07, 6.45) is 0.814. The van der Waals surface area contributed by atoms with E-state index in [1.54, 1.807) is 25.1 Å². The smallest absolute Gasteiger partial charge is 0.407 e. The number of methoxy groups -OCH3 is 1. The largest absolute Gasteiger partial charge is 0.464 e. The highest BCUT2D eigenvalue weighted by molar-refractivity contribution is 5.82. The zero-order chi connectivity index (χ0) is 12.7. The molecule has 1 aromatic heterocycles. The lowest BCUT2D eigenvalue weighted by atomic mass is 10.2. The second-order valence-corrected chi connectivity index (χ2v) is 3.08. The lowest BCUT2D eigenvalue weighted by molar-refractivity contribution is -0.145. The van der Waals surface area contributed by atoms with E-state index in [9.17, 15) is 9.59 Å². The molecule has 1 N–H and O–H groups in total. The van der Waals surface area contributed by atoms with Crippen molar-refractivity contribution in [2.45, 2.75) is 13.0 Å². The fraction of sp³-hybridized carbons (Fsp3) is 0.364. The molecule has 0 aliphatic rings. The van der Waals surface area contributed by atoms with Crippen molar-refractivity contribution >= 4 is 12.1 Å². The van der Waals surface area contributed by atoms with E-state index in [1.165, 1.54) is 13.3 Å². The molecule has 1 atom stereocenters. The highest BCUT2D eigenvalue weighted by Crippen LogP contribution is 2.11. The first-order chi connectivity index (χ1) is 8.19. The van der Waals surface area contributed by atoms with Crippen LogP contribution < -0.4 is 5.32 Å². The third-order valence-corrected chi connectivity index (χ3v) is 1.95. The van der Waals surface area contributed by atoms with Crippen LogP contribution in [0, 0.1) is 0 Å². The van der Waals surface area contributed by atoms with Gasteiger partial charge in [0.25, 0.3) is 0 Å². The van der Waals surface area contributed by atoms with Gasteiger partial charge in [0, 0.05) is 6.20 Å². The van der Waals surface area contributed by atoms with Gasteiger partial charge in [-0.3, -0.25) is 4.98 Å². The van der Waals surface area contributed by atoms with E-state index in [1.807, 2.05) is 0 Å². The molecule has 0 aromatic carbocycles. The normalized spacial score (nSPS) is 11.4. The van der Waals surface area contributed by atoms with Crippen LogP contribution in [-0.4, -0.2) is 30.8 Å². The van der Waals surface area contributed by atoms with Gasteiger partial charge in [0.1, 0.15) is 0 Å². The van der Waals surface area contributed by atoms with Crippen molar-refractivity contribution in [2.24, 2.45) is 0 Å². The lowest BCUT2D eigenvalue weighted by Gasteiger charge is -2.15. The maximum Gasteiger partial charge on any atom is 0.407 e. The van der Waals surface area contributed by atoms with Crippen LogP contribution in [0.25, 0.3) is 0 Å². The Morgan fingerprint density at radius 3 is 2.76 bits per heavy atom. The van der Waals surface area contributed by atoms with E-state index in [0.717, 1.165) is 0 Å².